The molecule has 8 heteroatoms. The molecule has 1 aromatic carbocycles. The summed E-state index contributed by atoms with van der Waals surface area (Å²) < 4.78 is 1.35. The van der Waals surface area contributed by atoms with E-state index in [1.165, 1.54) is 29.7 Å². The summed E-state index contributed by atoms with van der Waals surface area (Å²) >= 11 is 6.05. The van der Waals surface area contributed by atoms with Crippen LogP contribution >= 0.6 is 11.6 Å². The van der Waals surface area contributed by atoms with Crippen molar-refractivity contribution in [1.82, 2.24) is 20.3 Å². The van der Waals surface area contributed by atoms with Crippen LogP contribution in [0.1, 0.15) is 18.5 Å². The average Bonchev–Trinajstić information content (AvgIpc) is 3.14. The van der Waals surface area contributed by atoms with Crippen molar-refractivity contribution in [2.75, 3.05) is 0 Å². The van der Waals surface area contributed by atoms with E-state index in [4.69, 9.17) is 11.6 Å². The van der Waals surface area contributed by atoms with E-state index in [-0.39, 0.29) is 16.4 Å². The number of hydrogen-bond acceptors (Lipinski definition) is 5. The van der Waals surface area contributed by atoms with Crippen molar-refractivity contribution in [2.45, 2.75) is 25.4 Å². The molecule has 2 aromatic rings. The van der Waals surface area contributed by atoms with E-state index in [0.29, 0.717) is 12.6 Å². The van der Waals surface area contributed by atoms with Gasteiger partial charge in [0.2, 0.25) is 0 Å². The van der Waals surface area contributed by atoms with Gasteiger partial charge in [-0.2, -0.15) is 0 Å². The van der Waals surface area contributed by atoms with Gasteiger partial charge in [-0.05, 0) is 18.9 Å². The van der Waals surface area contributed by atoms with Crippen molar-refractivity contribution in [3.8, 4) is 5.69 Å². The first kappa shape index (κ1) is 13.0. The fourth-order valence-corrected chi connectivity index (χ4v) is 2.16. The second kappa shape index (κ2) is 5.18. The van der Waals surface area contributed by atoms with Gasteiger partial charge in [-0.1, -0.05) is 22.9 Å². The number of nitro benzene ring substituents is 1. The number of aromatic nitrogens is 3. The van der Waals surface area contributed by atoms with E-state index in [0.717, 1.165) is 5.69 Å². The molecule has 20 heavy (non-hydrogen) atoms. The summed E-state index contributed by atoms with van der Waals surface area (Å²) in [7, 11) is 0. The molecule has 1 N–H and O–H groups in total. The Hall–Kier alpha value is -1.99. The molecule has 0 unspecified atom stereocenters. The Balaban J connectivity index is 1.90. The largest absolute Gasteiger partial charge is 0.308 e. The first-order valence-electron chi connectivity index (χ1n) is 6.23. The van der Waals surface area contributed by atoms with Crippen molar-refractivity contribution < 1.29 is 4.92 Å². The number of halogens is 1. The minimum absolute atomic E-state index is 0.0934. The Bertz CT molecular complexity index is 653. The number of para-hydroxylation sites is 1. The number of hydrogen-bond donors (Lipinski definition) is 1. The molecule has 1 saturated carbocycles. The minimum atomic E-state index is -0.481. The zero-order valence-corrected chi connectivity index (χ0v) is 11.2. The predicted molar refractivity (Wildman–Crippen MR) is 72.9 cm³/mol. The highest BCUT2D eigenvalue weighted by Crippen LogP contribution is 2.29. The van der Waals surface area contributed by atoms with Gasteiger partial charge in [0.1, 0.15) is 0 Å². The van der Waals surface area contributed by atoms with Gasteiger partial charge in [0.25, 0.3) is 5.69 Å². The molecule has 0 aliphatic heterocycles. The lowest BCUT2D eigenvalue weighted by atomic mass is 10.2. The quantitative estimate of drug-likeness (QED) is 0.674. The number of nitrogens with one attached hydrogen (secondary N) is 1. The van der Waals surface area contributed by atoms with Gasteiger partial charge in [-0.15, -0.1) is 5.10 Å². The first-order valence-corrected chi connectivity index (χ1v) is 6.61. The minimum Gasteiger partial charge on any atom is -0.308 e. The van der Waals surface area contributed by atoms with Crippen LogP contribution in [0.25, 0.3) is 5.69 Å². The molecule has 0 amide bonds. The topological polar surface area (TPSA) is 85.9 Å². The number of rotatable bonds is 5. The SMILES string of the molecule is O=[N+]([O-])c1cccc(Cl)c1-n1cc(CNC2CC2)nn1. The highest BCUT2D eigenvalue weighted by Gasteiger charge is 2.22. The molecule has 1 aromatic heterocycles. The van der Waals surface area contributed by atoms with Crippen molar-refractivity contribution in [2.24, 2.45) is 0 Å². The standard InChI is InChI=1S/C12H12ClN5O2/c13-10-2-1-3-11(18(19)20)12(10)17-7-9(15-16-17)6-14-8-4-5-8/h1-3,7-8,14H,4-6H2. The third-order valence-electron chi connectivity index (χ3n) is 3.08. The van der Waals surface area contributed by atoms with Gasteiger partial charge in [0, 0.05) is 18.7 Å². The second-order valence-corrected chi connectivity index (χ2v) is 5.08. The lowest BCUT2D eigenvalue weighted by molar-refractivity contribution is -0.384. The van der Waals surface area contributed by atoms with Crippen molar-refractivity contribution >= 4 is 17.3 Å². The van der Waals surface area contributed by atoms with Crippen molar-refractivity contribution in [1.29, 1.82) is 0 Å². The molecule has 0 radical (unpaired) electrons. The fourth-order valence-electron chi connectivity index (χ4n) is 1.90. The average molecular weight is 294 g/mol. The molecular formula is C12H12ClN5O2. The lowest BCUT2D eigenvalue weighted by Gasteiger charge is -2.03. The summed E-state index contributed by atoms with van der Waals surface area (Å²) in [6.07, 6.45) is 4.03. The molecule has 3 rings (SSSR count). The zero-order chi connectivity index (χ0) is 14.1. The summed E-state index contributed by atoms with van der Waals surface area (Å²) in [5, 5.41) is 22.6. The van der Waals surface area contributed by atoms with Gasteiger partial charge in [-0.25, -0.2) is 4.68 Å². The Labute approximate surface area is 119 Å². The van der Waals surface area contributed by atoms with Crippen LogP contribution in [0, 0.1) is 10.1 Å². The third kappa shape index (κ3) is 2.63. The molecule has 0 bridgehead atoms. The molecule has 1 aliphatic carbocycles. The monoisotopic (exact) mass is 293 g/mol. The van der Waals surface area contributed by atoms with Crippen LogP contribution in [0.5, 0.6) is 0 Å². The molecular weight excluding hydrogens is 282 g/mol. The Morgan fingerprint density at radius 3 is 3.00 bits per heavy atom. The van der Waals surface area contributed by atoms with Crippen LogP contribution in [0.15, 0.2) is 24.4 Å². The highest BCUT2D eigenvalue weighted by atomic mass is 35.5. The maximum atomic E-state index is 11.1. The van der Waals surface area contributed by atoms with Gasteiger partial charge in [0.05, 0.1) is 21.8 Å². The highest BCUT2D eigenvalue weighted by molar-refractivity contribution is 6.32. The van der Waals surface area contributed by atoms with Crippen LogP contribution < -0.4 is 5.32 Å². The Kier molecular flexibility index (Phi) is 3.37. The smallest absolute Gasteiger partial charge is 0.296 e. The van der Waals surface area contributed by atoms with Crippen LogP contribution in [-0.4, -0.2) is 26.0 Å². The summed E-state index contributed by atoms with van der Waals surface area (Å²) in [6, 6.07) is 5.09. The van der Waals surface area contributed by atoms with Gasteiger partial charge in [0.15, 0.2) is 5.69 Å². The van der Waals surface area contributed by atoms with Gasteiger partial charge in [-0.3, -0.25) is 10.1 Å². The van der Waals surface area contributed by atoms with Crippen LogP contribution in [0.4, 0.5) is 5.69 Å². The Morgan fingerprint density at radius 1 is 1.50 bits per heavy atom. The van der Waals surface area contributed by atoms with E-state index in [1.54, 1.807) is 12.3 Å². The van der Waals surface area contributed by atoms with Gasteiger partial charge < -0.3 is 5.32 Å². The first-order chi connectivity index (χ1) is 9.65. The van der Waals surface area contributed by atoms with E-state index < -0.39 is 4.92 Å². The molecule has 1 fully saturated rings. The lowest BCUT2D eigenvalue weighted by Crippen LogP contribution is -2.15. The summed E-state index contributed by atoms with van der Waals surface area (Å²) in [5.41, 5.74) is 0.875. The van der Waals surface area contributed by atoms with Crippen LogP contribution in [0.2, 0.25) is 5.02 Å². The molecule has 104 valence electrons. The number of benzene rings is 1. The zero-order valence-electron chi connectivity index (χ0n) is 10.5. The fraction of sp³-hybridized carbons (Fsp3) is 0.333. The molecule has 1 aliphatic rings. The normalized spacial score (nSPS) is 14.4. The van der Waals surface area contributed by atoms with Crippen LogP contribution in [0.3, 0.4) is 0 Å². The molecule has 0 atom stereocenters. The van der Waals surface area contributed by atoms with E-state index in [1.807, 2.05) is 0 Å². The number of nitro groups is 1. The molecule has 0 saturated heterocycles. The maximum Gasteiger partial charge on any atom is 0.296 e. The molecule has 0 spiro atoms. The van der Waals surface area contributed by atoms with Crippen molar-refractivity contribution in [3.63, 3.8) is 0 Å². The Morgan fingerprint density at radius 2 is 2.30 bits per heavy atom. The van der Waals surface area contributed by atoms with Crippen LogP contribution in [-0.2, 0) is 6.54 Å². The van der Waals surface area contributed by atoms with Gasteiger partial charge >= 0.3 is 0 Å². The predicted octanol–water partition coefficient (Wildman–Crippen LogP) is 2.08. The maximum absolute atomic E-state index is 11.1. The molecule has 1 heterocycles. The van der Waals surface area contributed by atoms with E-state index in [2.05, 4.69) is 15.6 Å². The van der Waals surface area contributed by atoms with Crippen molar-refractivity contribution in [3.05, 3.63) is 45.2 Å². The summed E-state index contributed by atoms with van der Waals surface area (Å²) in [4.78, 5) is 10.6. The third-order valence-corrected chi connectivity index (χ3v) is 3.39. The summed E-state index contributed by atoms with van der Waals surface area (Å²) in [5.74, 6) is 0. The summed E-state index contributed by atoms with van der Waals surface area (Å²) in [6.45, 7) is 0.600. The molecule has 7 nitrogen and oxygen atoms in total. The van der Waals surface area contributed by atoms with E-state index >= 15 is 0 Å². The van der Waals surface area contributed by atoms with E-state index in [9.17, 15) is 10.1 Å². The number of nitrogens with zero attached hydrogens (tertiary/aromatic N) is 4. The second-order valence-electron chi connectivity index (χ2n) is 4.67.